The van der Waals surface area contributed by atoms with Crippen molar-refractivity contribution >= 4 is 47.2 Å². The molecule has 0 aliphatic carbocycles. The summed E-state index contributed by atoms with van der Waals surface area (Å²) in [6, 6.07) is 0. The minimum Gasteiger partial charge on any atom is -0.355 e. The summed E-state index contributed by atoms with van der Waals surface area (Å²) in [6.45, 7) is 9.78. The summed E-state index contributed by atoms with van der Waals surface area (Å²) in [5.74, 6) is 0.969. The maximum absolute atomic E-state index is 11.3. The number of guanidine groups is 1. The molecule has 2 N–H and O–H groups in total. The zero-order valence-electron chi connectivity index (χ0n) is 15.2. The minimum atomic E-state index is 0. The summed E-state index contributed by atoms with van der Waals surface area (Å²) in [6.07, 6.45) is 2.97. The first kappa shape index (κ1) is 22.1. The highest BCUT2D eigenvalue weighted by atomic mass is 127. The maximum Gasteiger partial charge on any atom is 0.219 e. The van der Waals surface area contributed by atoms with Crippen molar-refractivity contribution in [3.05, 3.63) is 16.1 Å². The molecule has 9 heteroatoms. The number of carbonyl (C=O) groups excluding carboxylic acids is 1. The second-order valence-electron chi connectivity index (χ2n) is 5.77. The average Bonchev–Trinajstić information content (AvgIpc) is 3.06. The highest BCUT2D eigenvalue weighted by molar-refractivity contribution is 14.0. The van der Waals surface area contributed by atoms with E-state index in [9.17, 15) is 4.79 Å². The Kier molecular flexibility index (Phi) is 10.3. The summed E-state index contributed by atoms with van der Waals surface area (Å²) < 4.78 is 0. The third kappa shape index (κ3) is 7.45. The first-order valence-corrected chi connectivity index (χ1v) is 9.30. The molecule has 0 aromatic carbocycles. The highest BCUT2D eigenvalue weighted by Crippen LogP contribution is 2.12. The number of aromatic nitrogens is 1. The molecule has 0 saturated carbocycles. The van der Waals surface area contributed by atoms with Gasteiger partial charge in [0.2, 0.25) is 5.91 Å². The molecule has 0 unspecified atom stereocenters. The Morgan fingerprint density at radius 1 is 1.32 bits per heavy atom. The highest BCUT2D eigenvalue weighted by Gasteiger charge is 2.17. The van der Waals surface area contributed by atoms with Crippen LogP contribution in [0.1, 0.15) is 23.7 Å². The van der Waals surface area contributed by atoms with E-state index in [1.807, 2.05) is 11.1 Å². The van der Waals surface area contributed by atoms with Crippen LogP contribution < -0.4 is 10.6 Å². The molecule has 1 aromatic rings. The number of halogens is 1. The Morgan fingerprint density at radius 3 is 2.60 bits per heavy atom. The van der Waals surface area contributed by atoms with Crippen molar-refractivity contribution in [1.82, 2.24) is 25.4 Å². The first-order chi connectivity index (χ1) is 11.6. The molecule has 142 valence electrons. The van der Waals surface area contributed by atoms with Crippen LogP contribution in [0.15, 0.2) is 11.2 Å². The molecule has 0 radical (unpaired) electrons. The zero-order valence-corrected chi connectivity index (χ0v) is 18.4. The third-order valence-corrected chi connectivity index (χ3v) is 5.26. The largest absolute Gasteiger partial charge is 0.355 e. The predicted molar refractivity (Wildman–Crippen MR) is 114 cm³/mol. The molecule has 2 heterocycles. The van der Waals surface area contributed by atoms with Crippen molar-refractivity contribution in [2.24, 2.45) is 4.99 Å². The van der Waals surface area contributed by atoms with Crippen LogP contribution in [0.5, 0.6) is 0 Å². The summed E-state index contributed by atoms with van der Waals surface area (Å²) in [7, 11) is 1.78. The van der Waals surface area contributed by atoms with E-state index in [4.69, 9.17) is 0 Å². The van der Waals surface area contributed by atoms with Gasteiger partial charge in [-0.1, -0.05) is 6.92 Å². The Bertz CT molecular complexity index is 557. The number of thiazole rings is 1. The van der Waals surface area contributed by atoms with Crippen LogP contribution in [0.25, 0.3) is 0 Å². The van der Waals surface area contributed by atoms with Gasteiger partial charge in [-0.25, -0.2) is 4.98 Å². The van der Waals surface area contributed by atoms with E-state index in [2.05, 4.69) is 32.4 Å². The van der Waals surface area contributed by atoms with Gasteiger partial charge in [0.15, 0.2) is 5.96 Å². The van der Waals surface area contributed by atoms with Gasteiger partial charge in [-0.3, -0.25) is 14.7 Å². The predicted octanol–water partition coefficient (Wildman–Crippen LogP) is 1.15. The lowest BCUT2D eigenvalue weighted by molar-refractivity contribution is -0.130. The fourth-order valence-electron chi connectivity index (χ4n) is 2.59. The number of piperazine rings is 1. The monoisotopic (exact) mass is 480 g/mol. The molecule has 2 rings (SSSR count). The van der Waals surface area contributed by atoms with Gasteiger partial charge in [0.25, 0.3) is 0 Å². The summed E-state index contributed by atoms with van der Waals surface area (Å²) >= 11 is 1.74. The van der Waals surface area contributed by atoms with Crippen molar-refractivity contribution in [3.8, 4) is 0 Å². The molecule has 1 fully saturated rings. The Morgan fingerprint density at radius 2 is 2.04 bits per heavy atom. The number of rotatable bonds is 6. The van der Waals surface area contributed by atoms with E-state index in [1.165, 1.54) is 4.88 Å². The molecular formula is C16H29IN6OS. The number of hydrogen-bond acceptors (Lipinski definition) is 5. The van der Waals surface area contributed by atoms with E-state index >= 15 is 0 Å². The van der Waals surface area contributed by atoms with Crippen molar-refractivity contribution in [2.75, 3.05) is 46.3 Å². The zero-order chi connectivity index (χ0) is 17.4. The quantitative estimate of drug-likeness (QED) is 0.363. The molecule has 1 aromatic heterocycles. The van der Waals surface area contributed by atoms with Gasteiger partial charge in [0.1, 0.15) is 5.01 Å². The fraction of sp³-hybridized carbons (Fsp3) is 0.688. The van der Waals surface area contributed by atoms with Crippen LogP contribution in [-0.2, 0) is 17.8 Å². The summed E-state index contributed by atoms with van der Waals surface area (Å²) in [5.41, 5.74) is 0. The van der Waals surface area contributed by atoms with E-state index in [0.717, 1.165) is 56.7 Å². The molecule has 0 bridgehead atoms. The third-order valence-electron chi connectivity index (χ3n) is 4.12. The van der Waals surface area contributed by atoms with Crippen LogP contribution in [0, 0.1) is 0 Å². The average molecular weight is 480 g/mol. The van der Waals surface area contributed by atoms with E-state index in [0.29, 0.717) is 6.54 Å². The Hall–Kier alpha value is -0.940. The van der Waals surface area contributed by atoms with Gasteiger partial charge in [0, 0.05) is 64.3 Å². The van der Waals surface area contributed by atoms with Crippen LogP contribution in [0.3, 0.4) is 0 Å². The van der Waals surface area contributed by atoms with Gasteiger partial charge in [-0.05, 0) is 6.42 Å². The van der Waals surface area contributed by atoms with Crippen LogP contribution >= 0.6 is 35.3 Å². The van der Waals surface area contributed by atoms with Crippen LogP contribution in [0.4, 0.5) is 0 Å². The Labute approximate surface area is 171 Å². The normalized spacial score (nSPS) is 15.6. The smallest absolute Gasteiger partial charge is 0.219 e. The molecule has 25 heavy (non-hydrogen) atoms. The SMILES string of the molecule is CCc1cnc(CNC(=NC)NCCN2CCN(C(C)=O)CC2)s1.I. The fourth-order valence-corrected chi connectivity index (χ4v) is 3.39. The lowest BCUT2D eigenvalue weighted by Gasteiger charge is -2.34. The number of hydrogen-bond donors (Lipinski definition) is 2. The number of aliphatic imine (C=N–C) groups is 1. The molecular weight excluding hydrogens is 451 g/mol. The maximum atomic E-state index is 11.3. The number of nitrogens with one attached hydrogen (secondary N) is 2. The minimum absolute atomic E-state index is 0. The summed E-state index contributed by atoms with van der Waals surface area (Å²) in [4.78, 5) is 25.6. The topological polar surface area (TPSA) is 72.9 Å². The second-order valence-corrected chi connectivity index (χ2v) is 6.97. The van der Waals surface area contributed by atoms with E-state index in [1.54, 1.807) is 25.3 Å². The first-order valence-electron chi connectivity index (χ1n) is 8.48. The van der Waals surface area contributed by atoms with Gasteiger partial charge >= 0.3 is 0 Å². The van der Waals surface area contributed by atoms with E-state index in [-0.39, 0.29) is 29.9 Å². The molecule has 1 aliphatic heterocycles. The molecule has 0 atom stereocenters. The number of nitrogens with zero attached hydrogens (tertiary/aromatic N) is 4. The molecule has 0 spiro atoms. The Balaban J connectivity index is 0.00000312. The van der Waals surface area contributed by atoms with Crippen LogP contribution in [0.2, 0.25) is 0 Å². The second kappa shape index (κ2) is 11.6. The van der Waals surface area contributed by atoms with Gasteiger partial charge in [-0.15, -0.1) is 35.3 Å². The number of amides is 1. The molecule has 1 aliphatic rings. The van der Waals surface area contributed by atoms with Gasteiger partial charge in [0.05, 0.1) is 6.54 Å². The van der Waals surface area contributed by atoms with E-state index < -0.39 is 0 Å². The van der Waals surface area contributed by atoms with Crippen molar-refractivity contribution in [3.63, 3.8) is 0 Å². The lowest BCUT2D eigenvalue weighted by atomic mass is 10.3. The molecule has 1 saturated heterocycles. The number of carbonyl (C=O) groups is 1. The molecule has 7 nitrogen and oxygen atoms in total. The lowest BCUT2D eigenvalue weighted by Crippen LogP contribution is -2.50. The van der Waals surface area contributed by atoms with Crippen molar-refractivity contribution in [2.45, 2.75) is 26.8 Å². The van der Waals surface area contributed by atoms with Crippen molar-refractivity contribution < 1.29 is 4.79 Å². The van der Waals surface area contributed by atoms with Gasteiger partial charge in [-0.2, -0.15) is 0 Å². The summed E-state index contributed by atoms with van der Waals surface area (Å²) in [5, 5.41) is 7.71. The van der Waals surface area contributed by atoms with Gasteiger partial charge < -0.3 is 15.5 Å². The standard InChI is InChI=1S/C16H28N6OS.HI/c1-4-14-11-19-15(24-14)12-20-16(17-3)18-5-6-21-7-9-22(10-8-21)13(2)23;/h11H,4-10,12H2,1-3H3,(H2,17,18,20);1H. The van der Waals surface area contributed by atoms with Crippen LogP contribution in [-0.4, -0.2) is 73.0 Å². The number of aryl methyl sites for hydroxylation is 1. The van der Waals surface area contributed by atoms with Crippen molar-refractivity contribution in [1.29, 1.82) is 0 Å². The molecule has 1 amide bonds.